The third-order valence-corrected chi connectivity index (χ3v) is 3.90. The molecular formula is C14H15N3O3S. The first-order chi connectivity index (χ1) is 10.0. The van der Waals surface area contributed by atoms with Crippen molar-refractivity contribution in [2.75, 3.05) is 12.3 Å². The number of nitrogen functional groups attached to an aromatic ring is 1. The van der Waals surface area contributed by atoms with E-state index in [1.54, 1.807) is 16.2 Å². The largest absolute Gasteiger partial charge is 0.399 e. The molecule has 0 saturated heterocycles. The highest BCUT2D eigenvalue weighted by molar-refractivity contribution is 7.09. The van der Waals surface area contributed by atoms with Crippen LogP contribution >= 0.6 is 11.3 Å². The van der Waals surface area contributed by atoms with Gasteiger partial charge in [-0.2, -0.15) is 0 Å². The molecule has 2 rings (SSSR count). The van der Waals surface area contributed by atoms with E-state index in [2.05, 4.69) is 0 Å². The standard InChI is InChI=1S/C14H15N3O3S/c1-2-16(9-11-4-3-7-21-11)14(18)12-8-10(15)5-6-13(12)17(19)20/h3-8H,2,9,15H2,1H3. The first-order valence-corrected chi connectivity index (χ1v) is 7.26. The third kappa shape index (κ3) is 3.38. The van der Waals surface area contributed by atoms with Gasteiger partial charge in [0, 0.05) is 23.2 Å². The molecule has 6 nitrogen and oxygen atoms in total. The van der Waals surface area contributed by atoms with Crippen molar-refractivity contribution in [3.05, 3.63) is 56.3 Å². The highest BCUT2D eigenvalue weighted by atomic mass is 32.1. The summed E-state index contributed by atoms with van der Waals surface area (Å²) in [5.74, 6) is -0.384. The van der Waals surface area contributed by atoms with Crippen molar-refractivity contribution in [1.29, 1.82) is 0 Å². The number of rotatable bonds is 5. The Morgan fingerprint density at radius 2 is 2.19 bits per heavy atom. The molecule has 21 heavy (non-hydrogen) atoms. The molecule has 2 aromatic rings. The maximum absolute atomic E-state index is 12.6. The van der Waals surface area contributed by atoms with Crippen molar-refractivity contribution in [1.82, 2.24) is 4.90 Å². The lowest BCUT2D eigenvalue weighted by Crippen LogP contribution is -2.30. The predicted molar refractivity (Wildman–Crippen MR) is 82.2 cm³/mol. The van der Waals surface area contributed by atoms with E-state index in [0.29, 0.717) is 18.8 Å². The smallest absolute Gasteiger partial charge is 0.282 e. The van der Waals surface area contributed by atoms with Gasteiger partial charge in [-0.1, -0.05) is 6.07 Å². The number of benzene rings is 1. The van der Waals surface area contributed by atoms with E-state index in [0.717, 1.165) is 4.88 Å². The molecule has 0 aliphatic rings. The third-order valence-electron chi connectivity index (χ3n) is 3.04. The molecule has 1 amide bonds. The van der Waals surface area contributed by atoms with Gasteiger partial charge >= 0.3 is 0 Å². The summed E-state index contributed by atoms with van der Waals surface area (Å²) < 4.78 is 0. The molecule has 1 aromatic carbocycles. The predicted octanol–water partition coefficient (Wildman–Crippen LogP) is 2.90. The molecule has 0 aliphatic carbocycles. The van der Waals surface area contributed by atoms with Crippen LogP contribution in [-0.2, 0) is 6.54 Å². The minimum absolute atomic E-state index is 0.0263. The summed E-state index contributed by atoms with van der Waals surface area (Å²) in [6, 6.07) is 7.87. The van der Waals surface area contributed by atoms with E-state index in [4.69, 9.17) is 5.73 Å². The van der Waals surface area contributed by atoms with Crippen LogP contribution in [0.25, 0.3) is 0 Å². The number of anilines is 1. The van der Waals surface area contributed by atoms with E-state index in [1.807, 2.05) is 24.4 Å². The Morgan fingerprint density at radius 3 is 2.76 bits per heavy atom. The Balaban J connectivity index is 2.33. The highest BCUT2D eigenvalue weighted by Gasteiger charge is 2.24. The first-order valence-electron chi connectivity index (χ1n) is 6.38. The molecule has 1 heterocycles. The van der Waals surface area contributed by atoms with Crippen LogP contribution in [0.15, 0.2) is 35.7 Å². The second-order valence-corrected chi connectivity index (χ2v) is 5.46. The van der Waals surface area contributed by atoms with Crippen LogP contribution in [0.4, 0.5) is 11.4 Å². The van der Waals surface area contributed by atoms with Crippen LogP contribution in [0.2, 0.25) is 0 Å². The molecular weight excluding hydrogens is 290 g/mol. The molecule has 1 aromatic heterocycles. The van der Waals surface area contributed by atoms with Crippen LogP contribution < -0.4 is 5.73 Å². The Morgan fingerprint density at radius 1 is 1.43 bits per heavy atom. The zero-order valence-corrected chi connectivity index (χ0v) is 12.3. The van der Waals surface area contributed by atoms with Gasteiger partial charge in [0.1, 0.15) is 5.56 Å². The second-order valence-electron chi connectivity index (χ2n) is 4.43. The van der Waals surface area contributed by atoms with Crippen LogP contribution in [-0.4, -0.2) is 22.3 Å². The van der Waals surface area contributed by atoms with Gasteiger partial charge in [-0.3, -0.25) is 14.9 Å². The maximum Gasteiger partial charge on any atom is 0.282 e. The molecule has 7 heteroatoms. The van der Waals surface area contributed by atoms with Crippen molar-refractivity contribution in [2.45, 2.75) is 13.5 Å². The molecule has 0 bridgehead atoms. The summed E-state index contributed by atoms with van der Waals surface area (Å²) in [5, 5.41) is 13.0. The van der Waals surface area contributed by atoms with E-state index in [9.17, 15) is 14.9 Å². The number of carbonyl (C=O) groups is 1. The minimum Gasteiger partial charge on any atom is -0.399 e. The van der Waals surface area contributed by atoms with Crippen molar-refractivity contribution in [3.63, 3.8) is 0 Å². The highest BCUT2D eigenvalue weighted by Crippen LogP contribution is 2.24. The number of hydrogen-bond acceptors (Lipinski definition) is 5. The van der Waals surface area contributed by atoms with Crippen molar-refractivity contribution in [2.24, 2.45) is 0 Å². The number of amides is 1. The molecule has 0 fully saturated rings. The lowest BCUT2D eigenvalue weighted by atomic mass is 10.1. The lowest BCUT2D eigenvalue weighted by Gasteiger charge is -2.20. The second kappa shape index (κ2) is 6.36. The van der Waals surface area contributed by atoms with E-state index < -0.39 is 4.92 Å². The zero-order valence-electron chi connectivity index (χ0n) is 11.5. The monoisotopic (exact) mass is 305 g/mol. The van der Waals surface area contributed by atoms with E-state index in [1.165, 1.54) is 18.2 Å². The molecule has 0 spiro atoms. The fourth-order valence-corrected chi connectivity index (χ4v) is 2.69. The van der Waals surface area contributed by atoms with Gasteiger partial charge < -0.3 is 10.6 Å². The zero-order chi connectivity index (χ0) is 15.4. The van der Waals surface area contributed by atoms with Gasteiger partial charge in [-0.15, -0.1) is 11.3 Å². The van der Waals surface area contributed by atoms with Gasteiger partial charge in [0.2, 0.25) is 0 Å². The average molecular weight is 305 g/mol. The number of nitrogens with zero attached hydrogens (tertiary/aromatic N) is 2. The molecule has 110 valence electrons. The van der Waals surface area contributed by atoms with Crippen molar-refractivity contribution < 1.29 is 9.72 Å². The quantitative estimate of drug-likeness (QED) is 0.522. The summed E-state index contributed by atoms with van der Waals surface area (Å²) in [6.07, 6.45) is 0. The number of carbonyl (C=O) groups excluding carboxylic acids is 1. The summed E-state index contributed by atoms with van der Waals surface area (Å²) in [5.41, 5.74) is 5.78. The number of thiophene rings is 1. The summed E-state index contributed by atoms with van der Waals surface area (Å²) >= 11 is 1.54. The van der Waals surface area contributed by atoms with E-state index >= 15 is 0 Å². The van der Waals surface area contributed by atoms with Gasteiger partial charge in [0.05, 0.1) is 11.5 Å². The normalized spacial score (nSPS) is 10.3. The number of nitro benzene ring substituents is 1. The van der Waals surface area contributed by atoms with Gasteiger partial charge in [0.15, 0.2) is 0 Å². The van der Waals surface area contributed by atoms with Gasteiger partial charge in [-0.25, -0.2) is 0 Å². The Kier molecular flexibility index (Phi) is 4.54. The topological polar surface area (TPSA) is 89.5 Å². The van der Waals surface area contributed by atoms with Crippen molar-refractivity contribution in [3.8, 4) is 0 Å². The number of nitrogens with two attached hydrogens (primary N) is 1. The number of nitro groups is 1. The van der Waals surface area contributed by atoms with E-state index in [-0.39, 0.29) is 17.2 Å². The van der Waals surface area contributed by atoms with Crippen molar-refractivity contribution >= 4 is 28.6 Å². The lowest BCUT2D eigenvalue weighted by molar-refractivity contribution is -0.385. The van der Waals surface area contributed by atoms with Gasteiger partial charge in [-0.05, 0) is 30.5 Å². The first kappa shape index (κ1) is 15.0. The van der Waals surface area contributed by atoms with Crippen LogP contribution in [0, 0.1) is 10.1 Å². The molecule has 2 N–H and O–H groups in total. The summed E-state index contributed by atoms with van der Waals surface area (Å²) in [4.78, 5) is 25.6. The fraction of sp³-hybridized carbons (Fsp3) is 0.214. The molecule has 0 saturated carbocycles. The summed E-state index contributed by atoms with van der Waals surface area (Å²) in [7, 11) is 0. The Bertz CT molecular complexity index is 655. The molecule has 0 unspecified atom stereocenters. The van der Waals surface area contributed by atoms with Crippen LogP contribution in [0.3, 0.4) is 0 Å². The Labute approximate surface area is 126 Å². The molecule has 0 atom stereocenters. The summed E-state index contributed by atoms with van der Waals surface area (Å²) in [6.45, 7) is 2.73. The minimum atomic E-state index is -0.564. The molecule has 0 radical (unpaired) electrons. The van der Waals surface area contributed by atoms with Crippen LogP contribution in [0.5, 0.6) is 0 Å². The Hall–Kier alpha value is -2.41. The number of hydrogen-bond donors (Lipinski definition) is 1. The molecule has 0 aliphatic heterocycles. The van der Waals surface area contributed by atoms with Crippen LogP contribution in [0.1, 0.15) is 22.2 Å². The SMILES string of the molecule is CCN(Cc1cccs1)C(=O)c1cc(N)ccc1[N+](=O)[O-]. The average Bonchev–Trinajstić information content (AvgIpc) is 2.96. The maximum atomic E-state index is 12.6. The van der Waals surface area contributed by atoms with Gasteiger partial charge in [0.25, 0.3) is 11.6 Å². The fourth-order valence-electron chi connectivity index (χ4n) is 1.97.